The van der Waals surface area contributed by atoms with Crippen molar-refractivity contribution in [2.24, 2.45) is 7.05 Å². The number of ether oxygens (including phenoxy) is 1. The number of aryl methyl sites for hydroxylation is 2. The average Bonchev–Trinajstić information content (AvgIpc) is 3.43. The first-order valence-corrected chi connectivity index (χ1v) is 10.3. The highest BCUT2D eigenvalue weighted by Crippen LogP contribution is 2.31. The van der Waals surface area contributed by atoms with E-state index in [0.29, 0.717) is 12.3 Å². The first-order chi connectivity index (χ1) is 14.8. The predicted molar refractivity (Wildman–Crippen MR) is 110 cm³/mol. The van der Waals surface area contributed by atoms with Gasteiger partial charge in [-0.15, -0.1) is 0 Å². The molecule has 1 unspecified atom stereocenters. The Morgan fingerprint density at radius 1 is 1.26 bits per heavy atom. The molecule has 2 aromatic heterocycles. The molecule has 31 heavy (non-hydrogen) atoms. The molecule has 6 nitrogen and oxygen atoms in total. The second-order valence-electron chi connectivity index (χ2n) is 8.08. The molecule has 4 rings (SSSR count). The number of hydrogen-bond acceptors (Lipinski definition) is 4. The number of H-pyrrole nitrogens is 1. The van der Waals surface area contributed by atoms with Crippen LogP contribution in [0.15, 0.2) is 36.5 Å². The number of likely N-dealkylation sites (tertiary alicyclic amines) is 1. The number of halogens is 3. The monoisotopic (exact) mass is 433 g/mol. The minimum absolute atomic E-state index is 0.215. The zero-order valence-electron chi connectivity index (χ0n) is 17.6. The van der Waals surface area contributed by atoms with Crippen LogP contribution in [-0.4, -0.2) is 44.6 Å². The lowest BCUT2D eigenvalue weighted by molar-refractivity contribution is -0.137. The van der Waals surface area contributed by atoms with Gasteiger partial charge in [0.05, 0.1) is 23.6 Å². The zero-order valence-corrected chi connectivity index (χ0v) is 17.6. The van der Waals surface area contributed by atoms with E-state index in [4.69, 9.17) is 4.74 Å². The van der Waals surface area contributed by atoms with Gasteiger partial charge in [0.1, 0.15) is 5.75 Å². The highest BCUT2D eigenvalue weighted by atomic mass is 19.4. The summed E-state index contributed by atoms with van der Waals surface area (Å²) in [6.07, 6.45) is -0.707. The molecule has 1 aliphatic rings. The summed E-state index contributed by atoms with van der Waals surface area (Å²) in [6.45, 7) is 5.15. The van der Waals surface area contributed by atoms with Crippen molar-refractivity contribution in [3.05, 3.63) is 64.7 Å². The molecule has 1 atom stereocenters. The molecule has 1 saturated heterocycles. The molecule has 9 heteroatoms. The van der Waals surface area contributed by atoms with Crippen LogP contribution in [0.2, 0.25) is 0 Å². The van der Waals surface area contributed by atoms with Crippen molar-refractivity contribution in [2.75, 3.05) is 19.7 Å². The van der Waals surface area contributed by atoms with Crippen LogP contribution in [-0.2, 0) is 26.2 Å². The van der Waals surface area contributed by atoms with Crippen LogP contribution >= 0.6 is 0 Å². The van der Waals surface area contributed by atoms with Crippen molar-refractivity contribution in [3.8, 4) is 5.75 Å². The number of nitrogens with one attached hydrogen (secondary N) is 1. The molecule has 0 bridgehead atoms. The second-order valence-corrected chi connectivity index (χ2v) is 8.08. The quantitative estimate of drug-likeness (QED) is 0.610. The Bertz CT molecular complexity index is 1030. The van der Waals surface area contributed by atoms with E-state index in [2.05, 4.69) is 26.4 Å². The van der Waals surface area contributed by atoms with E-state index in [1.165, 1.54) is 17.7 Å². The summed E-state index contributed by atoms with van der Waals surface area (Å²) < 4.78 is 45.8. The number of hydrogen-bond donors (Lipinski definition) is 1. The maximum atomic E-state index is 12.8. The van der Waals surface area contributed by atoms with E-state index >= 15 is 0 Å². The van der Waals surface area contributed by atoms with Gasteiger partial charge < -0.3 is 4.74 Å². The van der Waals surface area contributed by atoms with Gasteiger partial charge in [-0.25, -0.2) is 0 Å². The molecule has 166 valence electrons. The molecule has 1 aromatic carbocycles. The standard InChI is InChI=1S/C22H26F3N5O/c1-15-17(12-29(2)28-15)14-30-8-6-16(13-30)21-11-19(26-27-21)7-9-31-20-5-3-4-18(10-20)22(23,24)25/h3-5,10-12,16H,6-9,13-14H2,1-2H3,(H,26,27). The van der Waals surface area contributed by atoms with Gasteiger partial charge in [-0.2, -0.15) is 23.4 Å². The Morgan fingerprint density at radius 2 is 2.10 bits per heavy atom. The predicted octanol–water partition coefficient (Wildman–Crippen LogP) is 4.08. The summed E-state index contributed by atoms with van der Waals surface area (Å²) in [5.41, 5.74) is 3.55. The summed E-state index contributed by atoms with van der Waals surface area (Å²) in [6, 6.07) is 6.99. The fourth-order valence-corrected chi connectivity index (χ4v) is 4.02. The molecule has 0 aliphatic carbocycles. The van der Waals surface area contributed by atoms with Gasteiger partial charge in [-0.1, -0.05) is 6.07 Å². The maximum Gasteiger partial charge on any atom is 0.416 e. The van der Waals surface area contributed by atoms with Crippen molar-refractivity contribution in [2.45, 2.75) is 38.4 Å². The molecule has 1 aliphatic heterocycles. The number of nitrogens with zero attached hydrogens (tertiary/aromatic N) is 4. The van der Waals surface area contributed by atoms with E-state index in [-0.39, 0.29) is 12.4 Å². The number of aromatic amines is 1. The molecule has 3 aromatic rings. The fourth-order valence-electron chi connectivity index (χ4n) is 4.02. The van der Waals surface area contributed by atoms with Crippen LogP contribution in [0.25, 0.3) is 0 Å². The molecule has 3 heterocycles. The van der Waals surface area contributed by atoms with E-state index < -0.39 is 11.7 Å². The summed E-state index contributed by atoms with van der Waals surface area (Å²) in [7, 11) is 1.94. The third kappa shape index (κ3) is 5.28. The molecule has 1 fully saturated rings. The number of alkyl halides is 3. The van der Waals surface area contributed by atoms with Crippen molar-refractivity contribution in [1.82, 2.24) is 24.9 Å². The maximum absolute atomic E-state index is 12.8. The molecule has 0 saturated carbocycles. The molecular weight excluding hydrogens is 407 g/mol. The van der Waals surface area contributed by atoms with Gasteiger partial charge in [0, 0.05) is 49.9 Å². The molecule has 1 N–H and O–H groups in total. The molecule has 0 amide bonds. The van der Waals surface area contributed by atoms with Crippen LogP contribution in [0.4, 0.5) is 13.2 Å². The smallest absolute Gasteiger partial charge is 0.416 e. The average molecular weight is 433 g/mol. The minimum Gasteiger partial charge on any atom is -0.493 e. The second kappa shape index (κ2) is 8.74. The van der Waals surface area contributed by atoms with Gasteiger partial charge in [0.15, 0.2) is 0 Å². The van der Waals surface area contributed by atoms with E-state index in [0.717, 1.165) is 55.3 Å². The van der Waals surface area contributed by atoms with Crippen LogP contribution in [0, 0.1) is 6.92 Å². The third-order valence-electron chi connectivity index (χ3n) is 5.65. The highest BCUT2D eigenvalue weighted by Gasteiger charge is 2.30. The van der Waals surface area contributed by atoms with Crippen molar-refractivity contribution in [3.63, 3.8) is 0 Å². The molecule has 0 radical (unpaired) electrons. The first kappa shape index (κ1) is 21.4. The fraction of sp³-hybridized carbons (Fsp3) is 0.455. The van der Waals surface area contributed by atoms with Crippen molar-refractivity contribution in [1.29, 1.82) is 0 Å². The Hall–Kier alpha value is -2.81. The molecular formula is C22H26F3N5O. The van der Waals surface area contributed by atoms with Gasteiger partial charge in [-0.3, -0.25) is 14.7 Å². The van der Waals surface area contributed by atoms with Gasteiger partial charge >= 0.3 is 6.18 Å². The zero-order chi connectivity index (χ0) is 22.0. The SMILES string of the molecule is Cc1nn(C)cc1CN1CCC(c2cc(CCOc3cccc(C(F)(F)F)c3)[nH]n2)C1. The van der Waals surface area contributed by atoms with E-state index in [9.17, 15) is 13.2 Å². The summed E-state index contributed by atoms with van der Waals surface area (Å²) in [4.78, 5) is 2.42. The van der Waals surface area contributed by atoms with Crippen molar-refractivity contribution < 1.29 is 17.9 Å². The van der Waals surface area contributed by atoms with Crippen molar-refractivity contribution >= 4 is 0 Å². The van der Waals surface area contributed by atoms with E-state index in [1.807, 2.05) is 24.7 Å². The third-order valence-corrected chi connectivity index (χ3v) is 5.65. The van der Waals surface area contributed by atoms with Crippen LogP contribution in [0.1, 0.15) is 40.5 Å². The normalized spacial score (nSPS) is 17.4. The summed E-state index contributed by atoms with van der Waals surface area (Å²) in [5.74, 6) is 0.582. The van der Waals surface area contributed by atoms with Gasteiger partial charge in [0.2, 0.25) is 0 Å². The lowest BCUT2D eigenvalue weighted by Crippen LogP contribution is -2.20. The first-order valence-electron chi connectivity index (χ1n) is 10.3. The Kier molecular flexibility index (Phi) is 6.04. The highest BCUT2D eigenvalue weighted by molar-refractivity contribution is 5.30. The van der Waals surface area contributed by atoms with Gasteiger partial charge in [0.25, 0.3) is 0 Å². The Balaban J connectivity index is 1.27. The topological polar surface area (TPSA) is 59.0 Å². The van der Waals surface area contributed by atoms with E-state index in [1.54, 1.807) is 0 Å². The van der Waals surface area contributed by atoms with Crippen LogP contribution in [0.3, 0.4) is 0 Å². The molecule has 0 spiro atoms. The van der Waals surface area contributed by atoms with Gasteiger partial charge in [-0.05, 0) is 44.2 Å². The lowest BCUT2D eigenvalue weighted by atomic mass is 10.0. The Morgan fingerprint density at radius 3 is 2.84 bits per heavy atom. The van der Waals surface area contributed by atoms with Crippen LogP contribution in [0.5, 0.6) is 5.75 Å². The minimum atomic E-state index is -4.37. The van der Waals surface area contributed by atoms with Crippen LogP contribution < -0.4 is 4.74 Å². The number of aromatic nitrogens is 4. The number of benzene rings is 1. The summed E-state index contributed by atoms with van der Waals surface area (Å²) >= 11 is 0. The largest absolute Gasteiger partial charge is 0.493 e. The number of rotatable bonds is 7. The Labute approximate surface area is 179 Å². The lowest BCUT2D eigenvalue weighted by Gasteiger charge is -2.14. The summed E-state index contributed by atoms with van der Waals surface area (Å²) in [5, 5.41) is 11.9.